The average molecular weight is 264 g/mol. The highest BCUT2D eigenvalue weighted by Crippen LogP contribution is 2.51. The van der Waals surface area contributed by atoms with Gasteiger partial charge < -0.3 is 0 Å². The first-order valence-corrected chi connectivity index (χ1v) is 7.82. The standard InChI is InChI=1S/C19H36/c1-11-15(5)13-17(12-2)19(9,10)18(7,8)16(6)14(3)4/h12,15H,11,13H2,1-10H3. The summed E-state index contributed by atoms with van der Waals surface area (Å²) in [7, 11) is 0. The smallest absolute Gasteiger partial charge is 0.00564 e. The molecule has 0 N–H and O–H groups in total. The molecule has 0 aromatic carbocycles. The van der Waals surface area contributed by atoms with Crippen LogP contribution in [0, 0.1) is 16.7 Å². The molecule has 1 unspecified atom stereocenters. The summed E-state index contributed by atoms with van der Waals surface area (Å²) < 4.78 is 0. The van der Waals surface area contributed by atoms with Gasteiger partial charge in [0.2, 0.25) is 0 Å². The molecular weight excluding hydrogens is 228 g/mol. The molecule has 0 aliphatic rings. The molecule has 0 bridgehead atoms. The largest absolute Gasteiger partial charge is 0.0879 e. The minimum atomic E-state index is 0.196. The van der Waals surface area contributed by atoms with Crippen LogP contribution >= 0.6 is 0 Å². The zero-order chi connectivity index (χ0) is 15.4. The van der Waals surface area contributed by atoms with E-state index in [0.29, 0.717) is 0 Å². The Morgan fingerprint density at radius 2 is 1.47 bits per heavy atom. The first kappa shape index (κ1) is 18.5. The quantitative estimate of drug-likeness (QED) is 0.464. The molecule has 112 valence electrons. The van der Waals surface area contributed by atoms with Gasteiger partial charge in [0, 0.05) is 0 Å². The van der Waals surface area contributed by atoms with Crippen molar-refractivity contribution in [2.24, 2.45) is 16.7 Å². The molecule has 0 nitrogen and oxygen atoms in total. The second-order valence-electron chi connectivity index (χ2n) is 7.41. The summed E-state index contributed by atoms with van der Waals surface area (Å²) in [5, 5.41) is 0. The SMILES string of the molecule is CC=C(CC(C)CC)C(C)(C)C(C)(C)C(C)=C(C)C. The van der Waals surface area contributed by atoms with Gasteiger partial charge in [0.05, 0.1) is 0 Å². The second-order valence-corrected chi connectivity index (χ2v) is 7.41. The predicted molar refractivity (Wildman–Crippen MR) is 89.4 cm³/mol. The molecule has 0 radical (unpaired) electrons. The Balaban J connectivity index is 5.51. The summed E-state index contributed by atoms with van der Waals surface area (Å²) >= 11 is 0. The van der Waals surface area contributed by atoms with E-state index in [4.69, 9.17) is 0 Å². The number of hydrogen-bond donors (Lipinski definition) is 0. The van der Waals surface area contributed by atoms with Crippen LogP contribution in [-0.4, -0.2) is 0 Å². The minimum Gasteiger partial charge on any atom is -0.0879 e. The highest BCUT2D eigenvalue weighted by atomic mass is 14.4. The molecule has 1 atom stereocenters. The van der Waals surface area contributed by atoms with Gasteiger partial charge in [0.1, 0.15) is 0 Å². The van der Waals surface area contributed by atoms with E-state index in [1.165, 1.54) is 24.0 Å². The highest BCUT2D eigenvalue weighted by molar-refractivity contribution is 5.27. The lowest BCUT2D eigenvalue weighted by molar-refractivity contribution is 0.186. The van der Waals surface area contributed by atoms with Gasteiger partial charge >= 0.3 is 0 Å². The van der Waals surface area contributed by atoms with Crippen molar-refractivity contribution in [3.05, 3.63) is 22.8 Å². The number of hydrogen-bond acceptors (Lipinski definition) is 0. The second kappa shape index (κ2) is 6.77. The van der Waals surface area contributed by atoms with Crippen molar-refractivity contribution < 1.29 is 0 Å². The molecule has 0 amide bonds. The molecule has 0 saturated carbocycles. The summed E-state index contributed by atoms with van der Waals surface area (Å²) in [5.41, 5.74) is 4.98. The van der Waals surface area contributed by atoms with Crippen LogP contribution in [0.2, 0.25) is 0 Å². The highest BCUT2D eigenvalue weighted by Gasteiger charge is 2.40. The maximum Gasteiger partial charge on any atom is -0.00564 e. The van der Waals surface area contributed by atoms with Crippen LogP contribution in [0.5, 0.6) is 0 Å². The van der Waals surface area contributed by atoms with Crippen LogP contribution in [0.25, 0.3) is 0 Å². The monoisotopic (exact) mass is 264 g/mol. The fourth-order valence-electron chi connectivity index (χ4n) is 2.75. The average Bonchev–Trinajstić information content (AvgIpc) is 2.33. The lowest BCUT2D eigenvalue weighted by Crippen LogP contribution is -2.36. The van der Waals surface area contributed by atoms with E-state index in [2.05, 4.69) is 75.3 Å². The van der Waals surface area contributed by atoms with Gasteiger partial charge in [0.25, 0.3) is 0 Å². The molecule has 0 aromatic heterocycles. The van der Waals surface area contributed by atoms with Crippen LogP contribution < -0.4 is 0 Å². The first-order chi connectivity index (χ1) is 8.52. The van der Waals surface area contributed by atoms with Crippen LogP contribution in [-0.2, 0) is 0 Å². The van der Waals surface area contributed by atoms with Crippen LogP contribution in [0.1, 0.15) is 82.1 Å². The zero-order valence-corrected chi connectivity index (χ0v) is 15.1. The summed E-state index contributed by atoms with van der Waals surface area (Å²) in [6.45, 7) is 23.2. The number of allylic oxidation sites excluding steroid dienone is 4. The maximum atomic E-state index is 2.41. The molecule has 0 fully saturated rings. The Kier molecular flexibility index (Phi) is 6.59. The van der Waals surface area contributed by atoms with Crippen LogP contribution in [0.15, 0.2) is 22.8 Å². The van der Waals surface area contributed by atoms with Gasteiger partial charge in [-0.25, -0.2) is 0 Å². The molecule has 0 aliphatic carbocycles. The zero-order valence-electron chi connectivity index (χ0n) is 15.1. The summed E-state index contributed by atoms with van der Waals surface area (Å²) in [6.07, 6.45) is 4.83. The van der Waals surface area contributed by atoms with Crippen molar-refractivity contribution in [2.45, 2.75) is 82.1 Å². The fraction of sp³-hybridized carbons (Fsp3) is 0.789. The summed E-state index contributed by atoms with van der Waals surface area (Å²) in [6, 6.07) is 0. The summed E-state index contributed by atoms with van der Waals surface area (Å²) in [4.78, 5) is 0. The predicted octanol–water partition coefficient (Wildman–Crippen LogP) is 6.78. The van der Waals surface area contributed by atoms with Crippen molar-refractivity contribution >= 4 is 0 Å². The van der Waals surface area contributed by atoms with E-state index in [0.717, 1.165) is 5.92 Å². The Hall–Kier alpha value is -0.520. The van der Waals surface area contributed by atoms with E-state index in [1.54, 1.807) is 5.57 Å². The topological polar surface area (TPSA) is 0 Å². The third-order valence-corrected chi connectivity index (χ3v) is 5.67. The molecule has 0 heterocycles. The van der Waals surface area contributed by atoms with Crippen molar-refractivity contribution in [3.63, 3.8) is 0 Å². The van der Waals surface area contributed by atoms with Gasteiger partial charge in [-0.1, -0.05) is 70.8 Å². The van der Waals surface area contributed by atoms with Gasteiger partial charge in [-0.05, 0) is 50.9 Å². The molecule has 0 spiro atoms. The molecule has 0 saturated heterocycles. The van der Waals surface area contributed by atoms with E-state index >= 15 is 0 Å². The Labute approximate surface area is 122 Å². The Morgan fingerprint density at radius 1 is 1.00 bits per heavy atom. The number of rotatable bonds is 6. The first-order valence-electron chi connectivity index (χ1n) is 7.82. The molecule has 0 heteroatoms. The fourth-order valence-corrected chi connectivity index (χ4v) is 2.75. The van der Waals surface area contributed by atoms with Crippen LogP contribution in [0.4, 0.5) is 0 Å². The third-order valence-electron chi connectivity index (χ3n) is 5.67. The molecule has 0 aromatic rings. The van der Waals surface area contributed by atoms with E-state index in [9.17, 15) is 0 Å². The van der Waals surface area contributed by atoms with Gasteiger partial charge in [-0.15, -0.1) is 0 Å². The summed E-state index contributed by atoms with van der Waals surface area (Å²) in [5.74, 6) is 0.772. The van der Waals surface area contributed by atoms with Crippen molar-refractivity contribution in [1.29, 1.82) is 0 Å². The van der Waals surface area contributed by atoms with Crippen LogP contribution in [0.3, 0.4) is 0 Å². The lowest BCUT2D eigenvalue weighted by Gasteiger charge is -2.46. The minimum absolute atomic E-state index is 0.196. The molecule has 0 aliphatic heterocycles. The molecular formula is C19H36. The van der Waals surface area contributed by atoms with Crippen molar-refractivity contribution in [2.75, 3.05) is 0 Å². The third kappa shape index (κ3) is 3.97. The van der Waals surface area contributed by atoms with E-state index in [1.807, 2.05) is 0 Å². The van der Waals surface area contributed by atoms with Gasteiger partial charge in [0.15, 0.2) is 0 Å². The van der Waals surface area contributed by atoms with E-state index < -0.39 is 0 Å². The Morgan fingerprint density at radius 3 is 1.79 bits per heavy atom. The molecule has 0 rings (SSSR count). The van der Waals surface area contributed by atoms with Crippen molar-refractivity contribution in [3.8, 4) is 0 Å². The van der Waals surface area contributed by atoms with Gasteiger partial charge in [-0.3, -0.25) is 0 Å². The normalized spacial score (nSPS) is 15.4. The molecule has 19 heavy (non-hydrogen) atoms. The van der Waals surface area contributed by atoms with E-state index in [-0.39, 0.29) is 10.8 Å². The Bertz CT molecular complexity index is 346. The van der Waals surface area contributed by atoms with Crippen molar-refractivity contribution in [1.82, 2.24) is 0 Å². The maximum absolute atomic E-state index is 2.41. The van der Waals surface area contributed by atoms with Gasteiger partial charge in [-0.2, -0.15) is 0 Å². The lowest BCUT2D eigenvalue weighted by atomic mass is 9.59.